The minimum Gasteiger partial charge on any atom is -0.481 e. The molecule has 2 N–H and O–H groups in total. The van der Waals surface area contributed by atoms with Crippen molar-refractivity contribution >= 4 is 28.2 Å². The van der Waals surface area contributed by atoms with Crippen LogP contribution in [0.25, 0.3) is 0 Å². The van der Waals surface area contributed by atoms with Crippen LogP contribution in [0.3, 0.4) is 0 Å². The molecule has 1 aliphatic rings. The molecule has 21 heavy (non-hydrogen) atoms. The largest absolute Gasteiger partial charge is 0.481 e. The number of hydrogen-bond donors (Lipinski definition) is 2. The molecule has 7 nitrogen and oxygen atoms in total. The van der Waals surface area contributed by atoms with Crippen LogP contribution in [-0.4, -0.2) is 27.9 Å². The lowest BCUT2D eigenvalue weighted by atomic mass is 9.94. The van der Waals surface area contributed by atoms with Gasteiger partial charge >= 0.3 is 11.0 Å². The van der Waals surface area contributed by atoms with Gasteiger partial charge in [0, 0.05) is 17.5 Å². The average Bonchev–Trinajstić information content (AvgIpc) is 2.81. The first kappa shape index (κ1) is 15.4. The maximum atomic E-state index is 12.1. The van der Waals surface area contributed by atoms with E-state index in [4.69, 9.17) is 0 Å². The van der Waals surface area contributed by atoms with Crippen LogP contribution in [0.15, 0.2) is 11.4 Å². The second-order valence-corrected chi connectivity index (χ2v) is 5.98. The monoisotopic (exact) mass is 312 g/mol. The van der Waals surface area contributed by atoms with Crippen molar-refractivity contribution in [2.24, 2.45) is 5.92 Å². The Hall–Kier alpha value is -1.96. The lowest BCUT2D eigenvalue weighted by molar-refractivity contribution is -0.380. The molecular weight excluding hydrogens is 296 g/mol. The van der Waals surface area contributed by atoms with Gasteiger partial charge in [-0.15, -0.1) is 0 Å². The second kappa shape index (κ2) is 6.66. The number of thiophene rings is 1. The molecule has 1 aromatic heterocycles. The van der Waals surface area contributed by atoms with Crippen molar-refractivity contribution in [3.8, 4) is 0 Å². The number of carboxylic acids is 1. The van der Waals surface area contributed by atoms with E-state index in [0.29, 0.717) is 12.8 Å². The molecule has 1 aliphatic carbocycles. The summed E-state index contributed by atoms with van der Waals surface area (Å²) < 4.78 is 0. The Balaban J connectivity index is 2.08. The van der Waals surface area contributed by atoms with Gasteiger partial charge in [0.2, 0.25) is 0 Å². The number of carbonyl (C=O) groups is 2. The number of rotatable bonds is 4. The lowest BCUT2D eigenvalue weighted by Gasteiger charge is -2.22. The highest BCUT2D eigenvalue weighted by Crippen LogP contribution is 2.26. The van der Waals surface area contributed by atoms with Crippen molar-refractivity contribution in [2.45, 2.75) is 38.1 Å². The van der Waals surface area contributed by atoms with Crippen molar-refractivity contribution in [1.82, 2.24) is 5.32 Å². The summed E-state index contributed by atoms with van der Waals surface area (Å²) >= 11 is 0.883. The highest BCUT2D eigenvalue weighted by Gasteiger charge is 2.31. The molecule has 1 amide bonds. The van der Waals surface area contributed by atoms with Gasteiger partial charge in [-0.05, 0) is 12.8 Å². The maximum absolute atomic E-state index is 12.1. The quantitative estimate of drug-likeness (QED) is 0.504. The van der Waals surface area contributed by atoms with Gasteiger partial charge in [0.15, 0.2) is 0 Å². The first-order chi connectivity index (χ1) is 9.99. The number of nitrogens with one attached hydrogen (secondary N) is 1. The van der Waals surface area contributed by atoms with E-state index >= 15 is 0 Å². The average molecular weight is 312 g/mol. The van der Waals surface area contributed by atoms with E-state index < -0.39 is 28.8 Å². The summed E-state index contributed by atoms with van der Waals surface area (Å²) in [5.41, 5.74) is 0.208. The van der Waals surface area contributed by atoms with Gasteiger partial charge in [-0.2, -0.15) is 0 Å². The van der Waals surface area contributed by atoms with E-state index in [-0.39, 0.29) is 10.6 Å². The van der Waals surface area contributed by atoms with Crippen LogP contribution >= 0.6 is 11.3 Å². The molecule has 1 heterocycles. The normalized spacial score (nSPS) is 22.3. The van der Waals surface area contributed by atoms with E-state index in [2.05, 4.69) is 5.32 Å². The number of nitrogens with zero attached hydrogens (tertiary/aromatic N) is 1. The SMILES string of the molecule is O=C(NC1CCCCCC1C(=O)O)c1csc([N+](=O)[O-])c1. The van der Waals surface area contributed by atoms with Crippen LogP contribution in [0.5, 0.6) is 0 Å². The van der Waals surface area contributed by atoms with Crippen LogP contribution in [-0.2, 0) is 4.79 Å². The second-order valence-electron chi connectivity index (χ2n) is 5.09. The molecule has 1 fully saturated rings. The van der Waals surface area contributed by atoms with Gasteiger partial charge in [0.05, 0.1) is 16.4 Å². The van der Waals surface area contributed by atoms with Crippen LogP contribution < -0.4 is 5.32 Å². The van der Waals surface area contributed by atoms with E-state index in [1.165, 1.54) is 11.4 Å². The van der Waals surface area contributed by atoms with Crippen molar-refractivity contribution in [1.29, 1.82) is 0 Å². The Morgan fingerprint density at radius 3 is 2.67 bits per heavy atom. The summed E-state index contributed by atoms with van der Waals surface area (Å²) in [5, 5.41) is 23.9. The number of hydrogen-bond acceptors (Lipinski definition) is 5. The first-order valence-electron chi connectivity index (χ1n) is 6.75. The third kappa shape index (κ3) is 3.78. The minimum absolute atomic E-state index is 0.101. The molecule has 2 atom stereocenters. The van der Waals surface area contributed by atoms with Crippen LogP contribution in [0, 0.1) is 16.0 Å². The lowest BCUT2D eigenvalue weighted by Crippen LogP contribution is -2.42. The van der Waals surface area contributed by atoms with Crippen molar-refractivity contribution in [2.75, 3.05) is 0 Å². The van der Waals surface area contributed by atoms with Crippen molar-refractivity contribution in [3.63, 3.8) is 0 Å². The highest BCUT2D eigenvalue weighted by atomic mass is 32.1. The Morgan fingerprint density at radius 2 is 2.05 bits per heavy atom. The van der Waals surface area contributed by atoms with Crippen LogP contribution in [0.4, 0.5) is 5.00 Å². The maximum Gasteiger partial charge on any atom is 0.324 e. The smallest absolute Gasteiger partial charge is 0.324 e. The molecule has 0 radical (unpaired) electrons. The van der Waals surface area contributed by atoms with Gasteiger partial charge < -0.3 is 10.4 Å². The van der Waals surface area contributed by atoms with E-state index in [1.54, 1.807) is 0 Å². The Kier molecular flexibility index (Phi) is 4.89. The summed E-state index contributed by atoms with van der Waals surface area (Å²) in [6.45, 7) is 0. The predicted octanol–water partition coefficient (Wildman–Crippen LogP) is 2.42. The number of aliphatic carboxylic acids is 1. The number of carboxylic acid groups (broad SMARTS) is 1. The van der Waals surface area contributed by atoms with Crippen molar-refractivity contribution in [3.05, 3.63) is 27.1 Å². The summed E-state index contributed by atoms with van der Waals surface area (Å²) in [5.74, 6) is -1.94. The van der Waals surface area contributed by atoms with Gasteiger partial charge in [-0.1, -0.05) is 30.6 Å². The zero-order chi connectivity index (χ0) is 15.4. The molecule has 114 valence electrons. The summed E-state index contributed by atoms with van der Waals surface area (Å²) in [6.07, 6.45) is 3.84. The molecule has 0 aliphatic heterocycles. The molecule has 0 bridgehead atoms. The Bertz CT molecular complexity index is 557. The summed E-state index contributed by atoms with van der Waals surface area (Å²) in [4.78, 5) is 33.5. The van der Waals surface area contributed by atoms with E-state index in [0.717, 1.165) is 30.6 Å². The molecule has 0 saturated heterocycles. The molecule has 1 saturated carbocycles. The zero-order valence-electron chi connectivity index (χ0n) is 11.3. The fourth-order valence-corrected chi connectivity index (χ4v) is 3.27. The van der Waals surface area contributed by atoms with Crippen LogP contribution in [0.2, 0.25) is 0 Å². The fourth-order valence-electron chi connectivity index (χ4n) is 2.57. The standard InChI is InChI=1S/C13H16N2O5S/c16-12(8-6-11(15(19)20)21-7-8)14-10-5-3-1-2-4-9(10)13(17)18/h6-7,9-10H,1-5H2,(H,14,16)(H,17,18). The molecule has 1 aromatic rings. The van der Waals surface area contributed by atoms with Crippen LogP contribution in [0.1, 0.15) is 42.5 Å². The minimum atomic E-state index is -0.904. The highest BCUT2D eigenvalue weighted by molar-refractivity contribution is 7.13. The molecular formula is C13H16N2O5S. The Morgan fingerprint density at radius 1 is 1.33 bits per heavy atom. The van der Waals surface area contributed by atoms with Gasteiger partial charge in [-0.25, -0.2) is 0 Å². The fraction of sp³-hybridized carbons (Fsp3) is 0.538. The number of carbonyl (C=O) groups excluding carboxylic acids is 1. The summed E-state index contributed by atoms with van der Waals surface area (Å²) in [6, 6.07) is 0.795. The predicted molar refractivity (Wildman–Crippen MR) is 76.4 cm³/mol. The first-order valence-corrected chi connectivity index (χ1v) is 7.63. The molecule has 8 heteroatoms. The van der Waals surface area contributed by atoms with Crippen molar-refractivity contribution < 1.29 is 19.6 Å². The van der Waals surface area contributed by atoms with E-state index in [9.17, 15) is 24.8 Å². The van der Waals surface area contributed by atoms with Gasteiger partial charge in [0.25, 0.3) is 5.91 Å². The molecule has 2 rings (SSSR count). The molecule has 2 unspecified atom stereocenters. The van der Waals surface area contributed by atoms with Gasteiger partial charge in [0.1, 0.15) is 0 Å². The number of nitro groups is 1. The third-order valence-corrected chi connectivity index (χ3v) is 4.56. The molecule has 0 spiro atoms. The zero-order valence-corrected chi connectivity index (χ0v) is 12.1. The summed E-state index contributed by atoms with van der Waals surface area (Å²) in [7, 11) is 0. The third-order valence-electron chi connectivity index (χ3n) is 3.68. The molecule has 0 aromatic carbocycles. The van der Waals surface area contributed by atoms with Gasteiger partial charge in [-0.3, -0.25) is 19.7 Å². The topological polar surface area (TPSA) is 110 Å². The van der Waals surface area contributed by atoms with E-state index in [1.807, 2.05) is 0 Å². The Labute approximate surface area is 125 Å². The number of amides is 1.